The van der Waals surface area contributed by atoms with Crippen LogP contribution in [-0.4, -0.2) is 56.6 Å². The van der Waals surface area contributed by atoms with Crippen molar-refractivity contribution in [2.45, 2.75) is 43.3 Å². The lowest BCUT2D eigenvalue weighted by Gasteiger charge is -2.34. The summed E-state index contributed by atoms with van der Waals surface area (Å²) in [7, 11) is -3.35. The number of allylic oxidation sites excluding steroid dienone is 2. The monoisotopic (exact) mass is 418 g/mol. The van der Waals surface area contributed by atoms with Gasteiger partial charge in [0.05, 0.1) is 12.4 Å². The van der Waals surface area contributed by atoms with Crippen molar-refractivity contribution in [3.63, 3.8) is 0 Å². The van der Waals surface area contributed by atoms with Gasteiger partial charge in [0.2, 0.25) is 10.0 Å². The summed E-state index contributed by atoms with van der Waals surface area (Å²) in [6.45, 7) is 1.35. The number of hydrogen-bond donors (Lipinski definition) is 1. The number of carbonyl (C=O) groups is 1. The lowest BCUT2D eigenvalue weighted by Crippen LogP contribution is -2.47. The Morgan fingerprint density at radius 2 is 1.86 bits per heavy atom. The fourth-order valence-electron chi connectivity index (χ4n) is 3.81. The van der Waals surface area contributed by atoms with Gasteiger partial charge in [0.15, 0.2) is 6.10 Å². The van der Waals surface area contributed by atoms with Gasteiger partial charge in [-0.15, -0.1) is 0 Å². The van der Waals surface area contributed by atoms with Crippen LogP contribution in [-0.2, 0) is 30.0 Å². The summed E-state index contributed by atoms with van der Waals surface area (Å²) in [6, 6.07) is 6.96. The Balaban J connectivity index is 1.38. The molecule has 2 aliphatic heterocycles. The third-order valence-electron chi connectivity index (χ3n) is 5.34. The number of ether oxygens (including phenoxy) is 2. The van der Waals surface area contributed by atoms with E-state index in [1.165, 1.54) is 0 Å². The van der Waals surface area contributed by atoms with Gasteiger partial charge < -0.3 is 14.8 Å². The summed E-state index contributed by atoms with van der Waals surface area (Å²) in [5.74, 6) is -0.372. The van der Waals surface area contributed by atoms with Crippen molar-refractivity contribution in [3.8, 4) is 0 Å². The minimum atomic E-state index is -3.35. The molecular formula is C21H26N2O5S. The molecule has 1 aromatic rings. The van der Waals surface area contributed by atoms with Crippen LogP contribution in [0.25, 0.3) is 0 Å². The van der Waals surface area contributed by atoms with E-state index < -0.39 is 16.1 Å². The van der Waals surface area contributed by atoms with Gasteiger partial charge in [-0.3, -0.25) is 4.79 Å². The molecule has 0 spiro atoms. The summed E-state index contributed by atoms with van der Waals surface area (Å²) in [5.41, 5.74) is 1.20. The van der Waals surface area contributed by atoms with Gasteiger partial charge in [0.25, 0.3) is 5.91 Å². The maximum Gasteiger partial charge on any atom is 0.255 e. The molecule has 2 saturated heterocycles. The number of piperidine rings is 1. The average molecular weight is 419 g/mol. The van der Waals surface area contributed by atoms with Crippen molar-refractivity contribution in [2.75, 3.05) is 25.0 Å². The Morgan fingerprint density at radius 3 is 2.66 bits per heavy atom. The number of nitrogens with one attached hydrogen (secondary N) is 1. The van der Waals surface area contributed by atoms with Crippen LogP contribution < -0.4 is 5.32 Å². The first-order valence-corrected chi connectivity index (χ1v) is 11.6. The summed E-state index contributed by atoms with van der Waals surface area (Å²) in [5, 5.41) is 2.82. The second kappa shape index (κ2) is 8.79. The van der Waals surface area contributed by atoms with E-state index in [-0.39, 0.29) is 30.5 Å². The van der Waals surface area contributed by atoms with Crippen LogP contribution in [0.15, 0.2) is 48.6 Å². The molecule has 2 fully saturated rings. The summed E-state index contributed by atoms with van der Waals surface area (Å²) in [4.78, 5) is 12.6. The molecule has 7 nitrogen and oxygen atoms in total. The van der Waals surface area contributed by atoms with Crippen LogP contribution in [0.2, 0.25) is 0 Å². The molecule has 2 heterocycles. The van der Waals surface area contributed by atoms with Crippen LogP contribution in [0.5, 0.6) is 0 Å². The van der Waals surface area contributed by atoms with Gasteiger partial charge >= 0.3 is 0 Å². The van der Waals surface area contributed by atoms with Crippen LogP contribution >= 0.6 is 0 Å². The first-order valence-electron chi connectivity index (χ1n) is 10.0. The van der Waals surface area contributed by atoms with E-state index in [9.17, 15) is 13.2 Å². The highest BCUT2D eigenvalue weighted by Crippen LogP contribution is 2.22. The van der Waals surface area contributed by atoms with Gasteiger partial charge in [0.1, 0.15) is 12.2 Å². The molecule has 3 atom stereocenters. The van der Waals surface area contributed by atoms with E-state index >= 15 is 0 Å². The van der Waals surface area contributed by atoms with Gasteiger partial charge in [-0.05, 0) is 30.5 Å². The van der Waals surface area contributed by atoms with E-state index in [0.29, 0.717) is 24.3 Å². The molecule has 0 radical (unpaired) electrons. The van der Waals surface area contributed by atoms with Gasteiger partial charge in [-0.25, -0.2) is 12.7 Å². The van der Waals surface area contributed by atoms with Crippen molar-refractivity contribution < 1.29 is 22.7 Å². The fraction of sp³-hybridized carbons (Fsp3) is 0.476. The van der Waals surface area contributed by atoms with Crippen molar-refractivity contribution >= 4 is 21.6 Å². The van der Waals surface area contributed by atoms with Crippen molar-refractivity contribution in [2.24, 2.45) is 0 Å². The molecule has 0 aromatic heterocycles. The highest BCUT2D eigenvalue weighted by molar-refractivity contribution is 7.88. The third kappa shape index (κ3) is 4.95. The molecule has 4 rings (SSSR count). The molecule has 1 N–H and O–H groups in total. The number of nitrogens with zero attached hydrogens (tertiary/aromatic N) is 1. The second-order valence-electron chi connectivity index (χ2n) is 7.56. The fourth-order valence-corrected chi connectivity index (χ4v) is 5.41. The average Bonchev–Trinajstić information content (AvgIpc) is 2.74. The zero-order chi connectivity index (χ0) is 20.3. The molecule has 0 bridgehead atoms. The molecule has 1 aliphatic carbocycles. The maximum absolute atomic E-state index is 12.7. The van der Waals surface area contributed by atoms with Gasteiger partial charge in [0, 0.05) is 18.8 Å². The van der Waals surface area contributed by atoms with E-state index in [4.69, 9.17) is 9.47 Å². The highest BCUT2D eigenvalue weighted by Gasteiger charge is 2.33. The number of benzene rings is 1. The van der Waals surface area contributed by atoms with Crippen LogP contribution in [0.3, 0.4) is 0 Å². The molecule has 0 unspecified atom stereocenters. The van der Waals surface area contributed by atoms with Crippen LogP contribution in [0, 0.1) is 0 Å². The number of sulfonamides is 1. The van der Waals surface area contributed by atoms with Crippen LogP contribution in [0.1, 0.15) is 24.8 Å². The first-order chi connectivity index (χ1) is 14.0. The molecule has 156 valence electrons. The normalized spacial score (nSPS) is 27.4. The maximum atomic E-state index is 12.7. The van der Waals surface area contributed by atoms with Crippen molar-refractivity contribution in [1.29, 1.82) is 0 Å². The molecule has 8 heteroatoms. The molecule has 1 amide bonds. The molecule has 0 saturated carbocycles. The Bertz CT molecular complexity index is 905. The predicted octanol–water partition coefficient (Wildman–Crippen LogP) is 2.22. The van der Waals surface area contributed by atoms with Gasteiger partial charge in [-0.1, -0.05) is 42.9 Å². The zero-order valence-electron chi connectivity index (χ0n) is 16.2. The first kappa shape index (κ1) is 20.3. The molecule has 3 aliphatic rings. The SMILES string of the molecule is O=C(Nc1cccc(CS(=O)(=O)N2CCCCC2)c1)[C@@H]1CO[C@@H]2C=CC=C[C@H]2O1. The number of amides is 1. The number of rotatable bonds is 5. The Morgan fingerprint density at radius 1 is 1.10 bits per heavy atom. The minimum Gasteiger partial charge on any atom is -0.368 e. The highest BCUT2D eigenvalue weighted by atomic mass is 32.2. The number of fused-ring (bicyclic) bond motifs is 1. The predicted molar refractivity (Wildman–Crippen MR) is 110 cm³/mol. The van der Waals surface area contributed by atoms with Crippen molar-refractivity contribution in [1.82, 2.24) is 4.31 Å². The number of anilines is 1. The number of carbonyl (C=O) groups excluding carboxylic acids is 1. The largest absolute Gasteiger partial charge is 0.368 e. The summed E-state index contributed by atoms with van der Waals surface area (Å²) >= 11 is 0. The Hall–Kier alpha value is -2.00. The Kier molecular flexibility index (Phi) is 6.15. The topological polar surface area (TPSA) is 84.9 Å². The molecular weight excluding hydrogens is 392 g/mol. The summed E-state index contributed by atoms with van der Waals surface area (Å²) < 4.78 is 38.4. The smallest absolute Gasteiger partial charge is 0.255 e. The van der Waals surface area contributed by atoms with Crippen molar-refractivity contribution in [3.05, 3.63) is 54.1 Å². The van der Waals surface area contributed by atoms with E-state index in [1.54, 1.807) is 28.6 Å². The summed E-state index contributed by atoms with van der Waals surface area (Å²) in [6.07, 6.45) is 9.30. The Labute approximate surface area is 171 Å². The second-order valence-corrected chi connectivity index (χ2v) is 9.53. The van der Waals surface area contributed by atoms with E-state index in [0.717, 1.165) is 19.3 Å². The third-order valence-corrected chi connectivity index (χ3v) is 7.19. The standard InChI is InChI=1S/C21H26N2O5S/c24-21(20-14-27-18-9-2-3-10-19(18)28-20)22-17-8-6-7-16(13-17)15-29(25,26)23-11-4-1-5-12-23/h2-3,6-10,13,18-20H,1,4-5,11-12,14-15H2,(H,22,24)/t18-,19-,20+/m1/s1. The lowest BCUT2D eigenvalue weighted by molar-refractivity contribution is -0.164. The van der Waals surface area contributed by atoms with E-state index in [1.807, 2.05) is 24.3 Å². The quantitative estimate of drug-likeness (QED) is 0.793. The number of hydrogen-bond acceptors (Lipinski definition) is 5. The molecule has 29 heavy (non-hydrogen) atoms. The van der Waals surface area contributed by atoms with E-state index in [2.05, 4.69) is 5.32 Å². The lowest BCUT2D eigenvalue weighted by atomic mass is 10.1. The molecule has 1 aromatic carbocycles. The van der Waals surface area contributed by atoms with Crippen LogP contribution in [0.4, 0.5) is 5.69 Å². The van der Waals surface area contributed by atoms with Gasteiger partial charge in [-0.2, -0.15) is 0 Å². The zero-order valence-corrected chi connectivity index (χ0v) is 17.0. The minimum absolute atomic E-state index is 0.0688.